The number of rotatable bonds is 7. The Balaban J connectivity index is 1.40. The quantitative estimate of drug-likeness (QED) is 0.144. The van der Waals surface area contributed by atoms with E-state index >= 15 is 0 Å². The molecule has 0 spiro atoms. The molecule has 10 heteroatoms. The largest absolute Gasteiger partial charge is 0.463 e. The maximum absolute atomic E-state index is 13.2. The van der Waals surface area contributed by atoms with Gasteiger partial charge in [-0.1, -0.05) is 60.1 Å². The molecular weight excluding hydrogens is 688 g/mol. The molecule has 302 valence electrons. The molecule has 0 radical (unpaired) electrons. The lowest BCUT2D eigenvalue weighted by Crippen LogP contribution is -2.65. The molecule has 5 aliphatic carbocycles. The smallest absolute Gasteiger partial charge is 0.303 e. The van der Waals surface area contributed by atoms with E-state index in [2.05, 4.69) is 54.5 Å². The molecule has 4 saturated carbocycles. The van der Waals surface area contributed by atoms with Gasteiger partial charge in [0.25, 0.3) is 0 Å². The van der Waals surface area contributed by atoms with Gasteiger partial charge in [0.1, 0.15) is 18.5 Å². The number of hydrogen-bond acceptors (Lipinski definition) is 10. The van der Waals surface area contributed by atoms with Crippen LogP contribution in [0.5, 0.6) is 0 Å². The second-order valence-electron chi connectivity index (χ2n) is 20.2. The van der Waals surface area contributed by atoms with Crippen LogP contribution < -0.4 is 0 Å². The fourth-order valence-electron chi connectivity index (χ4n) is 13.4. The minimum Gasteiger partial charge on any atom is -0.463 e. The van der Waals surface area contributed by atoms with Gasteiger partial charge in [-0.15, -0.1) is 0 Å². The van der Waals surface area contributed by atoms with Crippen molar-refractivity contribution < 1.29 is 47.7 Å². The van der Waals surface area contributed by atoms with E-state index in [-0.39, 0.29) is 45.0 Å². The van der Waals surface area contributed by atoms with Gasteiger partial charge in [-0.25, -0.2) is 0 Å². The van der Waals surface area contributed by atoms with Crippen molar-refractivity contribution in [1.29, 1.82) is 0 Å². The Morgan fingerprint density at radius 3 is 1.93 bits per heavy atom. The Morgan fingerprint density at radius 2 is 1.31 bits per heavy atom. The Labute approximate surface area is 322 Å². The van der Waals surface area contributed by atoms with Crippen LogP contribution in [0.4, 0.5) is 0 Å². The van der Waals surface area contributed by atoms with Crippen molar-refractivity contribution in [3.8, 4) is 0 Å². The van der Waals surface area contributed by atoms with Crippen LogP contribution in [0.2, 0.25) is 0 Å². The monoisotopic (exact) mass is 754 g/mol. The Bertz CT molecular complexity index is 1580. The minimum atomic E-state index is -1.16. The fourth-order valence-corrected chi connectivity index (χ4v) is 13.4. The number of carbonyl (C=O) groups excluding carboxylic acids is 5. The van der Waals surface area contributed by atoms with Gasteiger partial charge in [-0.2, -0.15) is 0 Å². The van der Waals surface area contributed by atoms with Gasteiger partial charge in [0.15, 0.2) is 18.3 Å². The van der Waals surface area contributed by atoms with Gasteiger partial charge in [0.05, 0.1) is 6.10 Å². The number of Topliss-reactive ketones (excluding diaryl/α,β-unsaturated/α-hetero) is 1. The third-order valence-electron chi connectivity index (χ3n) is 16.3. The van der Waals surface area contributed by atoms with Crippen molar-refractivity contribution in [1.82, 2.24) is 0 Å². The van der Waals surface area contributed by atoms with E-state index in [0.29, 0.717) is 30.5 Å². The van der Waals surface area contributed by atoms with E-state index in [1.165, 1.54) is 27.7 Å². The van der Waals surface area contributed by atoms with E-state index in [1.54, 1.807) is 5.57 Å². The molecule has 1 saturated heterocycles. The third kappa shape index (κ3) is 6.76. The lowest BCUT2D eigenvalue weighted by Gasteiger charge is -2.71. The Kier molecular flexibility index (Phi) is 10.6. The van der Waals surface area contributed by atoms with Crippen molar-refractivity contribution in [3.63, 3.8) is 0 Å². The summed E-state index contributed by atoms with van der Waals surface area (Å²) >= 11 is 0. The van der Waals surface area contributed by atoms with Crippen molar-refractivity contribution in [2.45, 2.75) is 177 Å². The maximum Gasteiger partial charge on any atom is 0.303 e. The summed E-state index contributed by atoms with van der Waals surface area (Å²) in [6.07, 6.45) is 7.89. The van der Waals surface area contributed by atoms with Crippen molar-refractivity contribution >= 4 is 29.7 Å². The molecule has 6 aliphatic rings. The molecule has 6 unspecified atom stereocenters. The summed E-state index contributed by atoms with van der Waals surface area (Å²) in [6, 6.07) is 0. The highest BCUT2D eigenvalue weighted by molar-refractivity contribution is 5.85. The standard InChI is InChI=1S/C44H66O10/c1-25(45)50-24-32-37(52-27(3)47)38(53-28(4)48)36(51-26(2)46)31(54-32)23-44-20-18-39(5,6)22-30(44)29-12-13-34-41(9)16-15-35(49)40(7,8)33(41)14-17-43(34,11)42(29,10)19-21-44/h12,30-34,36-38H,13-24H2,1-11H3/t30?,31-,32?,33?,34?,36?,37+,38?,41-,42+,43+,44+/m0/s1. The average Bonchev–Trinajstić information content (AvgIpc) is 3.05. The Hall–Kier alpha value is -2.75. The maximum atomic E-state index is 13.2. The van der Waals surface area contributed by atoms with E-state index in [4.69, 9.17) is 23.7 Å². The van der Waals surface area contributed by atoms with Gasteiger partial charge in [0, 0.05) is 39.5 Å². The van der Waals surface area contributed by atoms with E-state index in [1.807, 2.05) is 0 Å². The molecule has 0 aromatic rings. The van der Waals surface area contributed by atoms with Crippen molar-refractivity contribution in [2.24, 2.45) is 50.2 Å². The van der Waals surface area contributed by atoms with Gasteiger partial charge >= 0.3 is 23.9 Å². The highest BCUT2D eigenvalue weighted by atomic mass is 16.7. The second-order valence-corrected chi connectivity index (χ2v) is 20.2. The zero-order valence-corrected chi connectivity index (χ0v) is 34.8. The molecule has 6 rings (SSSR count). The average molecular weight is 755 g/mol. The number of fused-ring (bicyclic) bond motifs is 7. The zero-order valence-electron chi connectivity index (χ0n) is 34.8. The molecular formula is C44H66O10. The topological polar surface area (TPSA) is 132 Å². The molecule has 0 aromatic carbocycles. The van der Waals surface area contributed by atoms with Crippen LogP contribution in [0.15, 0.2) is 11.6 Å². The molecule has 0 N–H and O–H groups in total. The van der Waals surface area contributed by atoms with Gasteiger partial charge < -0.3 is 23.7 Å². The van der Waals surface area contributed by atoms with Crippen LogP contribution in [0.3, 0.4) is 0 Å². The van der Waals surface area contributed by atoms with Crippen molar-refractivity contribution in [3.05, 3.63) is 11.6 Å². The summed E-state index contributed by atoms with van der Waals surface area (Å²) in [7, 11) is 0. The molecule has 1 aliphatic heterocycles. The number of allylic oxidation sites excluding steroid dienone is 2. The van der Waals surface area contributed by atoms with E-state index in [0.717, 1.165) is 57.8 Å². The number of hydrogen-bond donors (Lipinski definition) is 0. The van der Waals surface area contributed by atoms with Crippen LogP contribution >= 0.6 is 0 Å². The van der Waals surface area contributed by atoms with Crippen LogP contribution in [-0.2, 0) is 47.7 Å². The lowest BCUT2D eigenvalue weighted by molar-refractivity contribution is -0.260. The molecule has 54 heavy (non-hydrogen) atoms. The molecule has 0 aromatic heterocycles. The van der Waals surface area contributed by atoms with Gasteiger partial charge in [-0.05, 0) is 109 Å². The van der Waals surface area contributed by atoms with Gasteiger partial charge in [0.2, 0.25) is 0 Å². The molecule has 10 nitrogen and oxygen atoms in total. The summed E-state index contributed by atoms with van der Waals surface area (Å²) < 4.78 is 29.7. The van der Waals surface area contributed by atoms with Crippen molar-refractivity contribution in [2.75, 3.05) is 6.61 Å². The first-order chi connectivity index (χ1) is 25.0. The SMILES string of the molecule is CC(=O)OCC1O[C@@H](C[C@]23CCC(C)(C)CC2C2=CCC4[C@@]5(C)CCC(=O)C(C)(C)C5CC[C@@]4(C)[C@]2(C)CC3)C(OC(C)=O)C(OC(C)=O)[C@@H]1OC(C)=O. The molecule has 0 bridgehead atoms. The second kappa shape index (κ2) is 14.0. The molecule has 0 amide bonds. The number of carbonyl (C=O) groups is 5. The Morgan fingerprint density at radius 1 is 0.722 bits per heavy atom. The predicted molar refractivity (Wildman–Crippen MR) is 201 cm³/mol. The van der Waals surface area contributed by atoms with Crippen LogP contribution in [0.1, 0.15) is 147 Å². The van der Waals surface area contributed by atoms with Crippen LogP contribution in [0.25, 0.3) is 0 Å². The number of esters is 4. The lowest BCUT2D eigenvalue weighted by atomic mass is 9.33. The normalized spacial score (nSPS) is 43.5. The number of ether oxygens (including phenoxy) is 5. The van der Waals surface area contributed by atoms with Gasteiger partial charge in [-0.3, -0.25) is 24.0 Å². The summed E-state index contributed by atoms with van der Waals surface area (Å²) in [4.78, 5) is 63.0. The van der Waals surface area contributed by atoms with Crippen LogP contribution in [-0.4, -0.2) is 66.8 Å². The van der Waals surface area contributed by atoms with E-state index in [9.17, 15) is 24.0 Å². The third-order valence-corrected chi connectivity index (χ3v) is 16.3. The van der Waals surface area contributed by atoms with E-state index < -0.39 is 54.4 Å². The first-order valence-electron chi connectivity index (χ1n) is 20.5. The molecule has 5 fully saturated rings. The fraction of sp³-hybridized carbons (Fsp3) is 0.841. The molecule has 12 atom stereocenters. The summed E-state index contributed by atoms with van der Waals surface area (Å²) in [5.41, 5.74) is 1.29. The minimum absolute atomic E-state index is 0.0294. The first kappa shape index (κ1) is 40.9. The first-order valence-corrected chi connectivity index (χ1v) is 20.5. The predicted octanol–water partition coefficient (Wildman–Crippen LogP) is 7.87. The highest BCUT2D eigenvalue weighted by Crippen LogP contribution is 2.76. The number of ketones is 1. The van der Waals surface area contributed by atoms with Crippen LogP contribution in [0, 0.1) is 50.2 Å². The molecule has 1 heterocycles. The highest BCUT2D eigenvalue weighted by Gasteiger charge is 2.69. The summed E-state index contributed by atoms with van der Waals surface area (Å²) in [5, 5.41) is 0. The zero-order chi connectivity index (χ0) is 39.8. The summed E-state index contributed by atoms with van der Waals surface area (Å²) in [5.74, 6) is -0.808. The summed E-state index contributed by atoms with van der Waals surface area (Å²) in [6.45, 7) is 21.6.